The summed E-state index contributed by atoms with van der Waals surface area (Å²) < 4.78 is 5.82. The highest BCUT2D eigenvalue weighted by atomic mass is 35.5. The molecule has 7 heteroatoms. The van der Waals surface area contributed by atoms with Crippen LogP contribution in [0.5, 0.6) is 11.6 Å². The molecule has 154 valence electrons. The molecular weight excluding hydrogens is 400 g/mol. The van der Waals surface area contributed by atoms with Crippen LogP contribution in [0.2, 0.25) is 5.02 Å². The molecular formula is C23H23ClN4O2. The summed E-state index contributed by atoms with van der Waals surface area (Å²) in [4.78, 5) is 25.5. The number of carbonyl (C=O) groups is 1. The smallest absolute Gasteiger partial charge is 0.227 e. The van der Waals surface area contributed by atoms with Crippen LogP contribution in [0.15, 0.2) is 67.0 Å². The van der Waals surface area contributed by atoms with Crippen molar-refractivity contribution in [3.8, 4) is 11.6 Å². The van der Waals surface area contributed by atoms with Gasteiger partial charge in [0.25, 0.3) is 0 Å². The molecule has 1 aliphatic heterocycles. The van der Waals surface area contributed by atoms with Gasteiger partial charge in [0, 0.05) is 36.8 Å². The van der Waals surface area contributed by atoms with Gasteiger partial charge in [-0.1, -0.05) is 41.9 Å². The summed E-state index contributed by atoms with van der Waals surface area (Å²) in [5.74, 6) is 2.07. The number of rotatable bonds is 5. The van der Waals surface area contributed by atoms with Crippen molar-refractivity contribution in [2.45, 2.75) is 19.4 Å². The molecule has 0 aliphatic carbocycles. The summed E-state index contributed by atoms with van der Waals surface area (Å²) in [7, 11) is 0. The SMILES string of the molecule is CC1CN(c2cc(Oc3ccc(Cl)cc3)ncn2)CCN1C(=O)Cc1ccccc1. The fourth-order valence-electron chi connectivity index (χ4n) is 3.59. The van der Waals surface area contributed by atoms with Crippen molar-refractivity contribution in [1.82, 2.24) is 14.9 Å². The molecule has 1 saturated heterocycles. The van der Waals surface area contributed by atoms with Gasteiger partial charge in [-0.3, -0.25) is 4.79 Å². The van der Waals surface area contributed by atoms with E-state index in [1.807, 2.05) is 41.3 Å². The minimum absolute atomic E-state index is 0.0885. The van der Waals surface area contributed by atoms with Crippen molar-refractivity contribution in [1.29, 1.82) is 0 Å². The average Bonchev–Trinajstić information content (AvgIpc) is 2.76. The lowest BCUT2D eigenvalue weighted by Gasteiger charge is -2.40. The van der Waals surface area contributed by atoms with Crippen LogP contribution in [0.4, 0.5) is 5.82 Å². The Morgan fingerprint density at radius 2 is 1.87 bits per heavy atom. The van der Waals surface area contributed by atoms with Crippen LogP contribution >= 0.6 is 11.6 Å². The number of hydrogen-bond donors (Lipinski definition) is 0. The van der Waals surface area contributed by atoms with Gasteiger partial charge in [-0.05, 0) is 36.8 Å². The van der Waals surface area contributed by atoms with Crippen LogP contribution in [0.25, 0.3) is 0 Å². The lowest BCUT2D eigenvalue weighted by Crippen LogP contribution is -2.54. The van der Waals surface area contributed by atoms with Gasteiger partial charge in [-0.2, -0.15) is 0 Å². The molecule has 30 heavy (non-hydrogen) atoms. The summed E-state index contributed by atoms with van der Waals surface area (Å²) >= 11 is 5.92. The minimum Gasteiger partial charge on any atom is -0.439 e. The van der Waals surface area contributed by atoms with E-state index >= 15 is 0 Å². The molecule has 1 unspecified atom stereocenters. The van der Waals surface area contributed by atoms with E-state index in [-0.39, 0.29) is 11.9 Å². The summed E-state index contributed by atoms with van der Waals surface area (Å²) in [6.45, 7) is 4.14. The first-order valence-electron chi connectivity index (χ1n) is 9.92. The van der Waals surface area contributed by atoms with Gasteiger partial charge in [0.2, 0.25) is 11.8 Å². The van der Waals surface area contributed by atoms with Crippen LogP contribution in [-0.4, -0.2) is 46.5 Å². The van der Waals surface area contributed by atoms with Gasteiger partial charge in [0.15, 0.2) is 0 Å². The molecule has 1 fully saturated rings. The zero-order valence-electron chi connectivity index (χ0n) is 16.7. The molecule has 2 heterocycles. The van der Waals surface area contributed by atoms with E-state index in [1.165, 1.54) is 6.33 Å². The van der Waals surface area contributed by atoms with Crippen LogP contribution in [0.1, 0.15) is 12.5 Å². The number of hydrogen-bond acceptors (Lipinski definition) is 5. The first-order chi connectivity index (χ1) is 14.6. The van der Waals surface area contributed by atoms with Crippen molar-refractivity contribution in [3.05, 3.63) is 77.6 Å². The zero-order chi connectivity index (χ0) is 20.9. The number of nitrogens with zero attached hydrogens (tertiary/aromatic N) is 4. The fourth-order valence-corrected chi connectivity index (χ4v) is 3.72. The number of aromatic nitrogens is 2. The van der Waals surface area contributed by atoms with E-state index in [1.54, 1.807) is 24.3 Å². The third kappa shape index (κ3) is 4.89. The first kappa shape index (κ1) is 20.2. The maximum absolute atomic E-state index is 12.8. The molecule has 0 N–H and O–H groups in total. The highest BCUT2D eigenvalue weighted by Crippen LogP contribution is 2.25. The van der Waals surface area contributed by atoms with Gasteiger partial charge in [-0.15, -0.1) is 0 Å². The standard InChI is InChI=1S/C23H23ClN4O2/c1-17-15-27(11-12-28(17)23(29)13-18-5-3-2-4-6-18)21-14-22(26-16-25-21)30-20-9-7-19(24)8-10-20/h2-10,14,16-17H,11-13,15H2,1H3. The number of anilines is 1. The average molecular weight is 423 g/mol. The Bertz CT molecular complexity index is 998. The lowest BCUT2D eigenvalue weighted by atomic mass is 10.1. The highest BCUT2D eigenvalue weighted by Gasteiger charge is 2.28. The normalized spacial score (nSPS) is 16.4. The largest absolute Gasteiger partial charge is 0.439 e. The van der Waals surface area contributed by atoms with Crippen LogP contribution in [0, 0.1) is 0 Å². The van der Waals surface area contributed by atoms with Gasteiger partial charge in [0.05, 0.1) is 6.42 Å². The summed E-state index contributed by atoms with van der Waals surface area (Å²) in [6.07, 6.45) is 1.93. The Morgan fingerprint density at radius 1 is 1.10 bits per heavy atom. The van der Waals surface area contributed by atoms with Crippen LogP contribution < -0.4 is 9.64 Å². The lowest BCUT2D eigenvalue weighted by molar-refractivity contribution is -0.132. The quantitative estimate of drug-likeness (QED) is 0.616. The Labute approximate surface area is 181 Å². The Balaban J connectivity index is 1.39. The van der Waals surface area contributed by atoms with E-state index in [2.05, 4.69) is 21.8 Å². The van der Waals surface area contributed by atoms with Crippen molar-refractivity contribution >= 4 is 23.3 Å². The molecule has 0 radical (unpaired) electrons. The Kier molecular flexibility index (Phi) is 6.14. The Hall–Kier alpha value is -3.12. The molecule has 0 spiro atoms. The summed E-state index contributed by atoms with van der Waals surface area (Å²) in [5.41, 5.74) is 1.04. The number of halogens is 1. The van der Waals surface area contributed by atoms with E-state index < -0.39 is 0 Å². The molecule has 6 nitrogen and oxygen atoms in total. The third-order valence-electron chi connectivity index (χ3n) is 5.13. The first-order valence-corrected chi connectivity index (χ1v) is 10.3. The zero-order valence-corrected chi connectivity index (χ0v) is 17.5. The number of piperazine rings is 1. The summed E-state index contributed by atoms with van der Waals surface area (Å²) in [5, 5.41) is 0.652. The summed E-state index contributed by atoms with van der Waals surface area (Å²) in [6, 6.07) is 18.9. The predicted molar refractivity (Wildman–Crippen MR) is 117 cm³/mol. The second-order valence-corrected chi connectivity index (χ2v) is 7.75. The topological polar surface area (TPSA) is 58.6 Å². The predicted octanol–water partition coefficient (Wildman–Crippen LogP) is 4.20. The molecule has 1 atom stereocenters. The molecule has 1 amide bonds. The number of carbonyl (C=O) groups excluding carboxylic acids is 1. The van der Waals surface area contributed by atoms with Gasteiger partial charge in [-0.25, -0.2) is 9.97 Å². The van der Waals surface area contributed by atoms with Crippen LogP contribution in [0.3, 0.4) is 0 Å². The molecule has 2 aromatic carbocycles. The van der Waals surface area contributed by atoms with E-state index in [4.69, 9.17) is 16.3 Å². The third-order valence-corrected chi connectivity index (χ3v) is 5.39. The highest BCUT2D eigenvalue weighted by molar-refractivity contribution is 6.30. The van der Waals surface area contributed by atoms with Crippen LogP contribution in [-0.2, 0) is 11.2 Å². The van der Waals surface area contributed by atoms with E-state index in [9.17, 15) is 4.79 Å². The van der Waals surface area contributed by atoms with E-state index in [0.29, 0.717) is 42.7 Å². The molecule has 1 aromatic heterocycles. The molecule has 4 rings (SSSR count). The van der Waals surface area contributed by atoms with Gasteiger partial charge in [0.1, 0.15) is 17.9 Å². The van der Waals surface area contributed by atoms with Crippen molar-refractivity contribution in [3.63, 3.8) is 0 Å². The molecule has 3 aromatic rings. The van der Waals surface area contributed by atoms with Gasteiger partial charge >= 0.3 is 0 Å². The molecule has 1 aliphatic rings. The van der Waals surface area contributed by atoms with Crippen molar-refractivity contribution in [2.24, 2.45) is 0 Å². The fraction of sp³-hybridized carbons (Fsp3) is 0.261. The molecule has 0 bridgehead atoms. The van der Waals surface area contributed by atoms with E-state index in [0.717, 1.165) is 11.4 Å². The Morgan fingerprint density at radius 3 is 2.60 bits per heavy atom. The monoisotopic (exact) mass is 422 g/mol. The maximum atomic E-state index is 12.8. The number of amides is 1. The minimum atomic E-state index is 0.0885. The van der Waals surface area contributed by atoms with Gasteiger partial charge < -0.3 is 14.5 Å². The second-order valence-electron chi connectivity index (χ2n) is 7.31. The number of benzene rings is 2. The van der Waals surface area contributed by atoms with Crippen molar-refractivity contribution in [2.75, 3.05) is 24.5 Å². The number of ether oxygens (including phenoxy) is 1. The second kappa shape index (κ2) is 9.13. The molecule has 0 saturated carbocycles. The maximum Gasteiger partial charge on any atom is 0.227 e. The van der Waals surface area contributed by atoms with Crippen molar-refractivity contribution < 1.29 is 9.53 Å².